The lowest BCUT2D eigenvalue weighted by Crippen LogP contribution is -2.23. The largest absolute Gasteiger partial charge is 0.396 e. The van der Waals surface area contributed by atoms with Gasteiger partial charge in [0, 0.05) is 13.1 Å². The van der Waals surface area contributed by atoms with Gasteiger partial charge >= 0.3 is 0 Å². The predicted molar refractivity (Wildman–Crippen MR) is 41.8 cm³/mol. The highest BCUT2D eigenvalue weighted by molar-refractivity contribution is 5.87. The Kier molecular flexibility index (Phi) is 6.11. The molecule has 0 saturated heterocycles. The average molecular weight is 145 g/mol. The number of nitrogens with two attached hydrogens (primary N) is 2. The maximum atomic E-state index is 5.27. The van der Waals surface area contributed by atoms with Gasteiger partial charge in [0.25, 0.3) is 0 Å². The van der Waals surface area contributed by atoms with Crippen LogP contribution in [0.4, 0.5) is 0 Å². The van der Waals surface area contributed by atoms with Gasteiger partial charge in [-0.25, -0.2) is 0 Å². The Hall–Kier alpha value is -0.610. The van der Waals surface area contributed by atoms with Gasteiger partial charge in [-0.05, 0) is 6.42 Å². The summed E-state index contributed by atoms with van der Waals surface area (Å²) in [6.45, 7) is 3.39. The van der Waals surface area contributed by atoms with Crippen molar-refractivity contribution in [3.05, 3.63) is 0 Å². The highest BCUT2D eigenvalue weighted by Crippen LogP contribution is 1.81. The average Bonchev–Trinajstić information content (AvgIpc) is 1.99. The molecular formula is C6H15N3O. The van der Waals surface area contributed by atoms with Crippen LogP contribution in [0.25, 0.3) is 0 Å². The lowest BCUT2D eigenvalue weighted by Gasteiger charge is -1.98. The first kappa shape index (κ1) is 9.39. The van der Waals surface area contributed by atoms with Crippen LogP contribution >= 0.6 is 0 Å². The maximum absolute atomic E-state index is 5.27. The zero-order chi connectivity index (χ0) is 7.82. The summed E-state index contributed by atoms with van der Waals surface area (Å²) in [5.41, 5.74) is 11.3. The van der Waals surface area contributed by atoms with E-state index in [1.54, 1.807) is 0 Å². The molecule has 0 aliphatic rings. The predicted octanol–water partition coefficient (Wildman–Crippen LogP) is -0.314. The molecular weight excluding hydrogens is 130 g/mol. The van der Waals surface area contributed by atoms with Crippen LogP contribution in [0.5, 0.6) is 0 Å². The van der Waals surface area contributed by atoms with Gasteiger partial charge in [-0.1, -0.05) is 12.1 Å². The van der Waals surface area contributed by atoms with Crippen molar-refractivity contribution in [3.63, 3.8) is 0 Å². The number of rotatable bonds is 5. The molecule has 0 aliphatic carbocycles. The zero-order valence-corrected chi connectivity index (χ0v) is 6.34. The van der Waals surface area contributed by atoms with Crippen molar-refractivity contribution >= 4 is 5.71 Å². The van der Waals surface area contributed by atoms with E-state index >= 15 is 0 Å². The van der Waals surface area contributed by atoms with Crippen LogP contribution in [0, 0.1) is 0 Å². The SMILES string of the molecule is CCCON=C(CN)CN. The molecule has 0 aliphatic heterocycles. The number of oxime groups is 1. The van der Waals surface area contributed by atoms with Gasteiger partial charge in [-0.3, -0.25) is 0 Å². The molecule has 0 aromatic heterocycles. The molecule has 0 fully saturated rings. The minimum atomic E-state index is 0.375. The summed E-state index contributed by atoms with van der Waals surface area (Å²) in [6.07, 6.45) is 0.950. The van der Waals surface area contributed by atoms with Crippen LogP contribution < -0.4 is 11.5 Å². The van der Waals surface area contributed by atoms with Crippen LogP contribution in [-0.4, -0.2) is 25.4 Å². The fraction of sp³-hybridized carbons (Fsp3) is 0.833. The van der Waals surface area contributed by atoms with Crippen molar-refractivity contribution in [2.45, 2.75) is 13.3 Å². The molecule has 0 rings (SSSR count). The summed E-state index contributed by atoms with van der Waals surface area (Å²) < 4.78 is 0. The van der Waals surface area contributed by atoms with E-state index in [0.717, 1.165) is 6.42 Å². The van der Waals surface area contributed by atoms with E-state index in [2.05, 4.69) is 5.16 Å². The van der Waals surface area contributed by atoms with E-state index in [4.69, 9.17) is 16.3 Å². The Labute approximate surface area is 61.2 Å². The van der Waals surface area contributed by atoms with Crippen molar-refractivity contribution < 1.29 is 4.84 Å². The molecule has 4 nitrogen and oxygen atoms in total. The number of hydrogen-bond acceptors (Lipinski definition) is 4. The maximum Gasteiger partial charge on any atom is 0.116 e. The summed E-state index contributed by atoms with van der Waals surface area (Å²) >= 11 is 0. The van der Waals surface area contributed by atoms with Crippen molar-refractivity contribution in [1.82, 2.24) is 0 Å². The summed E-state index contributed by atoms with van der Waals surface area (Å²) in [7, 11) is 0. The first-order valence-electron chi connectivity index (χ1n) is 3.43. The lowest BCUT2D eigenvalue weighted by atomic mass is 10.4. The zero-order valence-electron chi connectivity index (χ0n) is 6.34. The molecule has 0 atom stereocenters. The minimum Gasteiger partial charge on any atom is -0.396 e. The van der Waals surface area contributed by atoms with Gasteiger partial charge in [0.15, 0.2) is 0 Å². The molecule has 0 radical (unpaired) electrons. The van der Waals surface area contributed by atoms with E-state index in [1.807, 2.05) is 6.92 Å². The first-order chi connectivity index (χ1) is 4.85. The third-order valence-electron chi connectivity index (χ3n) is 0.960. The molecule has 4 heteroatoms. The molecule has 0 spiro atoms. The third-order valence-corrected chi connectivity index (χ3v) is 0.960. The van der Waals surface area contributed by atoms with Gasteiger partial charge in [-0.2, -0.15) is 0 Å². The second kappa shape index (κ2) is 6.51. The Bertz CT molecular complexity index is 97.2. The summed E-state index contributed by atoms with van der Waals surface area (Å²) in [6, 6.07) is 0. The Morgan fingerprint density at radius 3 is 2.40 bits per heavy atom. The van der Waals surface area contributed by atoms with Crippen LogP contribution in [-0.2, 0) is 4.84 Å². The Morgan fingerprint density at radius 1 is 1.40 bits per heavy atom. The quantitative estimate of drug-likeness (QED) is 0.316. The van der Waals surface area contributed by atoms with E-state index < -0.39 is 0 Å². The Morgan fingerprint density at radius 2 is 2.00 bits per heavy atom. The van der Waals surface area contributed by atoms with Crippen LogP contribution in [0.15, 0.2) is 5.16 Å². The minimum absolute atomic E-state index is 0.375. The molecule has 0 bridgehead atoms. The molecule has 10 heavy (non-hydrogen) atoms. The van der Waals surface area contributed by atoms with Gasteiger partial charge < -0.3 is 16.3 Å². The molecule has 0 aromatic rings. The standard InChI is InChI=1S/C6H15N3O/c1-2-3-10-9-6(4-7)5-8/h2-5,7-8H2,1H3. The van der Waals surface area contributed by atoms with Crippen LogP contribution in [0.1, 0.15) is 13.3 Å². The highest BCUT2D eigenvalue weighted by atomic mass is 16.6. The van der Waals surface area contributed by atoms with Crippen molar-refractivity contribution in [1.29, 1.82) is 0 Å². The first-order valence-corrected chi connectivity index (χ1v) is 3.43. The van der Waals surface area contributed by atoms with Crippen LogP contribution in [0.2, 0.25) is 0 Å². The molecule has 0 saturated carbocycles. The van der Waals surface area contributed by atoms with E-state index in [0.29, 0.717) is 25.4 Å². The highest BCUT2D eigenvalue weighted by Gasteiger charge is 1.90. The second-order valence-corrected chi connectivity index (χ2v) is 1.90. The van der Waals surface area contributed by atoms with Gasteiger partial charge in [-0.15, -0.1) is 0 Å². The Balaban J connectivity index is 3.43. The fourth-order valence-corrected chi connectivity index (χ4v) is 0.386. The summed E-state index contributed by atoms with van der Waals surface area (Å²) in [5, 5.41) is 3.72. The molecule has 60 valence electrons. The number of hydrogen-bond donors (Lipinski definition) is 2. The molecule has 0 amide bonds. The smallest absolute Gasteiger partial charge is 0.116 e. The van der Waals surface area contributed by atoms with E-state index in [1.165, 1.54) is 0 Å². The number of nitrogens with zero attached hydrogens (tertiary/aromatic N) is 1. The third kappa shape index (κ3) is 4.29. The summed E-state index contributed by atoms with van der Waals surface area (Å²) in [5.74, 6) is 0. The monoisotopic (exact) mass is 145 g/mol. The van der Waals surface area contributed by atoms with E-state index in [9.17, 15) is 0 Å². The van der Waals surface area contributed by atoms with Crippen molar-refractivity contribution in [2.75, 3.05) is 19.7 Å². The topological polar surface area (TPSA) is 73.6 Å². The fourth-order valence-electron chi connectivity index (χ4n) is 0.386. The molecule has 4 N–H and O–H groups in total. The molecule has 0 heterocycles. The van der Waals surface area contributed by atoms with Gasteiger partial charge in [0.05, 0.1) is 5.71 Å². The molecule has 0 aromatic carbocycles. The van der Waals surface area contributed by atoms with Gasteiger partial charge in [0.1, 0.15) is 6.61 Å². The van der Waals surface area contributed by atoms with Gasteiger partial charge in [0.2, 0.25) is 0 Å². The van der Waals surface area contributed by atoms with Crippen LogP contribution in [0.3, 0.4) is 0 Å². The van der Waals surface area contributed by atoms with Crippen molar-refractivity contribution in [2.24, 2.45) is 16.6 Å². The second-order valence-electron chi connectivity index (χ2n) is 1.90. The normalized spacial score (nSPS) is 9.10. The lowest BCUT2D eigenvalue weighted by molar-refractivity contribution is 0.144. The van der Waals surface area contributed by atoms with Crippen molar-refractivity contribution in [3.8, 4) is 0 Å². The van der Waals surface area contributed by atoms with E-state index in [-0.39, 0.29) is 0 Å². The molecule has 0 unspecified atom stereocenters. The summed E-state index contributed by atoms with van der Waals surface area (Å²) in [4.78, 5) is 4.85.